The zero-order valence-electron chi connectivity index (χ0n) is 14.0. The number of pyridine rings is 1. The van der Waals surface area contributed by atoms with Crippen LogP contribution < -0.4 is 5.32 Å². The van der Waals surface area contributed by atoms with Gasteiger partial charge in [0.25, 0.3) is 5.91 Å². The number of hydrogen-bond acceptors (Lipinski definition) is 3. The molecule has 1 N–H and O–H groups in total. The molecule has 126 valence electrons. The number of imide groups is 1. The molecule has 0 spiro atoms. The van der Waals surface area contributed by atoms with Crippen LogP contribution in [0.15, 0.2) is 30.3 Å². The van der Waals surface area contributed by atoms with E-state index in [1.54, 1.807) is 6.92 Å². The van der Waals surface area contributed by atoms with Gasteiger partial charge in [-0.15, -0.1) is 0 Å². The third-order valence-corrected chi connectivity index (χ3v) is 4.57. The minimum Gasteiger partial charge on any atom is -0.323 e. The van der Waals surface area contributed by atoms with Gasteiger partial charge in [0.2, 0.25) is 0 Å². The van der Waals surface area contributed by atoms with E-state index in [9.17, 15) is 9.59 Å². The second-order valence-electron chi connectivity index (χ2n) is 6.88. The molecule has 1 aliphatic rings. The predicted molar refractivity (Wildman–Crippen MR) is 93.7 cm³/mol. The summed E-state index contributed by atoms with van der Waals surface area (Å²) in [4.78, 5) is 30.6. The molecule has 2 aromatic rings. The standard InChI is InChI=1S/C18H20ClN3O2/c1-11(2)9-18(3)16(23)22(17(24)21-18)10-13-8-12-6-4-5-7-14(12)20-15(13)19/h4-8,11H,9-10H2,1-3H3,(H,21,24)/t18-/m0/s1. The maximum Gasteiger partial charge on any atom is 0.325 e. The number of carbonyl (C=O) groups excluding carboxylic acids is 2. The number of aromatic nitrogens is 1. The molecule has 2 heterocycles. The Morgan fingerprint density at radius 1 is 1.29 bits per heavy atom. The summed E-state index contributed by atoms with van der Waals surface area (Å²) >= 11 is 6.25. The number of amides is 3. The first-order chi connectivity index (χ1) is 11.3. The molecular formula is C18H20ClN3O2. The third kappa shape index (κ3) is 2.96. The fraction of sp³-hybridized carbons (Fsp3) is 0.389. The van der Waals surface area contributed by atoms with Crippen LogP contribution in [0.3, 0.4) is 0 Å². The van der Waals surface area contributed by atoms with Crippen molar-refractivity contribution in [2.75, 3.05) is 0 Å². The number of nitrogens with zero attached hydrogens (tertiary/aromatic N) is 2. The van der Waals surface area contributed by atoms with Crippen LogP contribution in [0.5, 0.6) is 0 Å². The zero-order chi connectivity index (χ0) is 17.5. The van der Waals surface area contributed by atoms with Crippen LogP contribution in [-0.4, -0.2) is 27.4 Å². The minimum atomic E-state index is -0.859. The molecule has 1 aromatic heterocycles. The number of fused-ring (bicyclic) bond motifs is 1. The summed E-state index contributed by atoms with van der Waals surface area (Å²) in [5.41, 5.74) is 0.586. The maximum absolute atomic E-state index is 12.7. The first-order valence-corrected chi connectivity index (χ1v) is 8.36. The average molecular weight is 346 g/mol. The average Bonchev–Trinajstić information content (AvgIpc) is 2.70. The fourth-order valence-electron chi connectivity index (χ4n) is 3.26. The van der Waals surface area contributed by atoms with Gasteiger partial charge >= 0.3 is 6.03 Å². The molecule has 1 atom stereocenters. The van der Waals surface area contributed by atoms with Crippen LogP contribution in [0.2, 0.25) is 5.15 Å². The number of para-hydroxylation sites is 1. The van der Waals surface area contributed by atoms with Crippen LogP contribution in [0.25, 0.3) is 10.9 Å². The summed E-state index contributed by atoms with van der Waals surface area (Å²) in [6, 6.07) is 9.10. The first-order valence-electron chi connectivity index (χ1n) is 7.98. The predicted octanol–water partition coefficient (Wildman–Crippen LogP) is 3.74. The monoisotopic (exact) mass is 345 g/mol. The molecule has 1 fully saturated rings. The second kappa shape index (κ2) is 6.06. The van der Waals surface area contributed by atoms with Crippen LogP contribution in [0, 0.1) is 5.92 Å². The summed E-state index contributed by atoms with van der Waals surface area (Å²) < 4.78 is 0. The van der Waals surface area contributed by atoms with E-state index in [1.165, 1.54) is 4.90 Å². The molecule has 6 heteroatoms. The molecule has 0 radical (unpaired) electrons. The normalized spacial score (nSPS) is 21.0. The molecular weight excluding hydrogens is 326 g/mol. The highest BCUT2D eigenvalue weighted by molar-refractivity contribution is 6.30. The molecule has 0 aliphatic carbocycles. The van der Waals surface area contributed by atoms with Gasteiger partial charge in [-0.25, -0.2) is 9.78 Å². The fourth-order valence-corrected chi connectivity index (χ4v) is 3.47. The van der Waals surface area contributed by atoms with E-state index in [1.807, 2.05) is 44.2 Å². The Labute approximate surface area is 146 Å². The molecule has 5 nitrogen and oxygen atoms in total. The Kier molecular flexibility index (Phi) is 4.22. The molecule has 3 rings (SSSR count). The smallest absolute Gasteiger partial charge is 0.323 e. The van der Waals surface area contributed by atoms with Crippen molar-refractivity contribution in [3.05, 3.63) is 41.0 Å². The third-order valence-electron chi connectivity index (χ3n) is 4.24. The summed E-state index contributed by atoms with van der Waals surface area (Å²) in [5.74, 6) is 0.0792. The number of rotatable bonds is 4. The van der Waals surface area contributed by atoms with Gasteiger partial charge in [0.15, 0.2) is 0 Å². The Morgan fingerprint density at radius 2 is 2.00 bits per heavy atom. The topological polar surface area (TPSA) is 62.3 Å². The van der Waals surface area contributed by atoms with Gasteiger partial charge in [-0.3, -0.25) is 9.69 Å². The van der Waals surface area contributed by atoms with Crippen LogP contribution in [0.1, 0.15) is 32.8 Å². The van der Waals surface area contributed by atoms with Crippen molar-refractivity contribution in [3.8, 4) is 0 Å². The van der Waals surface area contributed by atoms with Gasteiger partial charge in [0.1, 0.15) is 10.7 Å². The number of carbonyl (C=O) groups is 2. The Bertz CT molecular complexity index is 821. The van der Waals surface area contributed by atoms with Crippen LogP contribution in [-0.2, 0) is 11.3 Å². The van der Waals surface area contributed by atoms with Crippen LogP contribution in [0.4, 0.5) is 4.79 Å². The molecule has 1 saturated heterocycles. The van der Waals surface area contributed by atoms with Gasteiger partial charge in [-0.2, -0.15) is 0 Å². The van der Waals surface area contributed by atoms with Crippen molar-refractivity contribution in [2.45, 2.75) is 39.3 Å². The summed E-state index contributed by atoms with van der Waals surface area (Å²) in [5, 5.41) is 4.05. The van der Waals surface area contributed by atoms with Gasteiger partial charge < -0.3 is 5.32 Å². The maximum atomic E-state index is 12.7. The highest BCUT2D eigenvalue weighted by Crippen LogP contribution is 2.28. The Balaban J connectivity index is 1.90. The van der Waals surface area contributed by atoms with Gasteiger partial charge in [-0.05, 0) is 31.4 Å². The van der Waals surface area contributed by atoms with Gasteiger partial charge in [-0.1, -0.05) is 43.6 Å². The lowest BCUT2D eigenvalue weighted by molar-refractivity contribution is -0.131. The molecule has 0 saturated carbocycles. The van der Waals surface area contributed by atoms with Crippen molar-refractivity contribution in [1.82, 2.24) is 15.2 Å². The quantitative estimate of drug-likeness (QED) is 0.678. The molecule has 0 unspecified atom stereocenters. The highest BCUT2D eigenvalue weighted by Gasteiger charge is 2.47. The molecule has 0 bridgehead atoms. The number of nitrogens with one attached hydrogen (secondary N) is 1. The number of halogens is 1. The van der Waals surface area contributed by atoms with Gasteiger partial charge in [0, 0.05) is 10.9 Å². The summed E-state index contributed by atoms with van der Waals surface area (Å²) in [6.45, 7) is 5.94. The minimum absolute atomic E-state index is 0.120. The van der Waals surface area contributed by atoms with E-state index in [0.29, 0.717) is 23.1 Å². The SMILES string of the molecule is CC(C)C[C@]1(C)NC(=O)N(Cc2cc3ccccc3nc2Cl)C1=O. The lowest BCUT2D eigenvalue weighted by Gasteiger charge is -2.23. The molecule has 3 amide bonds. The highest BCUT2D eigenvalue weighted by atomic mass is 35.5. The second-order valence-corrected chi connectivity index (χ2v) is 7.24. The zero-order valence-corrected chi connectivity index (χ0v) is 14.7. The van der Waals surface area contributed by atoms with Gasteiger partial charge in [0.05, 0.1) is 12.1 Å². The van der Waals surface area contributed by atoms with E-state index in [0.717, 1.165) is 10.9 Å². The first kappa shape index (κ1) is 16.7. The Morgan fingerprint density at radius 3 is 2.71 bits per heavy atom. The summed E-state index contributed by atoms with van der Waals surface area (Å²) in [7, 11) is 0. The van der Waals surface area contributed by atoms with Crippen molar-refractivity contribution in [3.63, 3.8) is 0 Å². The van der Waals surface area contributed by atoms with E-state index >= 15 is 0 Å². The lowest BCUT2D eigenvalue weighted by atomic mass is 9.91. The summed E-state index contributed by atoms with van der Waals surface area (Å²) in [6.07, 6.45) is 0.595. The number of hydrogen-bond donors (Lipinski definition) is 1. The van der Waals surface area contributed by atoms with Crippen molar-refractivity contribution in [1.29, 1.82) is 0 Å². The molecule has 1 aromatic carbocycles. The van der Waals surface area contributed by atoms with E-state index in [-0.39, 0.29) is 18.5 Å². The Hall–Kier alpha value is -2.14. The molecule has 24 heavy (non-hydrogen) atoms. The van der Waals surface area contributed by atoms with Crippen molar-refractivity contribution >= 4 is 34.4 Å². The number of urea groups is 1. The number of benzene rings is 1. The van der Waals surface area contributed by atoms with Crippen molar-refractivity contribution in [2.24, 2.45) is 5.92 Å². The van der Waals surface area contributed by atoms with E-state index < -0.39 is 5.54 Å². The van der Waals surface area contributed by atoms with Crippen LogP contribution >= 0.6 is 11.6 Å². The largest absolute Gasteiger partial charge is 0.325 e. The van der Waals surface area contributed by atoms with E-state index in [4.69, 9.17) is 11.6 Å². The molecule has 1 aliphatic heterocycles. The van der Waals surface area contributed by atoms with Crippen molar-refractivity contribution < 1.29 is 9.59 Å². The van der Waals surface area contributed by atoms with E-state index in [2.05, 4.69) is 10.3 Å². The lowest BCUT2D eigenvalue weighted by Crippen LogP contribution is -2.44.